The maximum absolute atomic E-state index is 13.7. The Morgan fingerprint density at radius 2 is 1.74 bits per heavy atom. The molecule has 5 rings (SSSR count). The van der Waals surface area contributed by atoms with Crippen molar-refractivity contribution in [3.05, 3.63) is 107 Å². The minimum atomic E-state index is -0.693. The van der Waals surface area contributed by atoms with Crippen molar-refractivity contribution in [2.45, 2.75) is 44.8 Å². The first-order valence-corrected chi connectivity index (χ1v) is 12.1. The molecule has 1 aliphatic heterocycles. The summed E-state index contributed by atoms with van der Waals surface area (Å²) in [6.45, 7) is 2.60. The summed E-state index contributed by atoms with van der Waals surface area (Å²) >= 11 is 0. The zero-order valence-electron chi connectivity index (χ0n) is 19.8. The molecule has 1 unspecified atom stereocenters. The highest BCUT2D eigenvalue weighted by Gasteiger charge is 2.35. The highest BCUT2D eigenvalue weighted by atomic mass is 16.3. The fraction of sp³-hybridized carbons (Fsp3) is 0.241. The second kappa shape index (κ2) is 9.76. The van der Waals surface area contributed by atoms with Gasteiger partial charge in [-0.2, -0.15) is 0 Å². The van der Waals surface area contributed by atoms with Gasteiger partial charge in [0, 0.05) is 24.2 Å². The topological polar surface area (TPSA) is 95.2 Å². The number of aromatic nitrogens is 2. The van der Waals surface area contributed by atoms with E-state index in [-0.39, 0.29) is 17.7 Å². The Labute approximate surface area is 205 Å². The second-order valence-electron chi connectivity index (χ2n) is 9.10. The van der Waals surface area contributed by atoms with E-state index in [9.17, 15) is 9.90 Å². The highest BCUT2D eigenvalue weighted by Crippen LogP contribution is 2.34. The zero-order chi connectivity index (χ0) is 24.4. The molecule has 0 fully saturated rings. The number of nitrogens with one attached hydrogen (secondary N) is 1. The molecule has 1 aromatic heterocycles. The van der Waals surface area contributed by atoms with Crippen LogP contribution in [0.4, 0.5) is 0 Å². The standard InChI is InChI=1S/C29H30N4O2/c1-2-25-27(20-8-4-3-5-9-20)32-28(31-25)26-17-21-10-6-7-11-22(21)18-33(26)29(35)24(30)16-19-12-14-23(34)15-13-19/h3-15,24,26,34H,2,16-18,30H2,1H3,(H,31,32)/t24-,26?/m0/s1. The van der Waals surface area contributed by atoms with Gasteiger partial charge in [0.15, 0.2) is 0 Å². The first kappa shape index (κ1) is 22.9. The van der Waals surface area contributed by atoms with Gasteiger partial charge in [-0.05, 0) is 41.7 Å². The molecule has 0 bridgehead atoms. The third-order valence-electron chi connectivity index (χ3n) is 6.75. The van der Waals surface area contributed by atoms with E-state index >= 15 is 0 Å². The smallest absolute Gasteiger partial charge is 0.240 e. The van der Waals surface area contributed by atoms with E-state index in [1.165, 1.54) is 5.56 Å². The number of benzene rings is 3. The first-order chi connectivity index (χ1) is 17.0. The van der Waals surface area contributed by atoms with Gasteiger partial charge < -0.3 is 20.7 Å². The summed E-state index contributed by atoms with van der Waals surface area (Å²) < 4.78 is 0. The number of carbonyl (C=O) groups excluding carboxylic acids is 1. The molecule has 35 heavy (non-hydrogen) atoms. The lowest BCUT2D eigenvalue weighted by Crippen LogP contribution is -2.48. The van der Waals surface area contributed by atoms with Gasteiger partial charge in [-0.25, -0.2) is 4.98 Å². The van der Waals surface area contributed by atoms with Crippen LogP contribution in [0.15, 0.2) is 78.9 Å². The molecule has 0 spiro atoms. The molecule has 4 aromatic rings. The molecule has 2 atom stereocenters. The fourth-order valence-corrected chi connectivity index (χ4v) is 4.86. The van der Waals surface area contributed by atoms with E-state index in [1.54, 1.807) is 24.3 Å². The van der Waals surface area contributed by atoms with E-state index in [0.717, 1.165) is 40.3 Å². The minimum absolute atomic E-state index is 0.103. The maximum Gasteiger partial charge on any atom is 0.240 e. The van der Waals surface area contributed by atoms with Crippen LogP contribution in [-0.2, 0) is 30.6 Å². The number of phenols is 1. The summed E-state index contributed by atoms with van der Waals surface area (Å²) in [6, 6.07) is 24.3. The number of aromatic hydroxyl groups is 1. The van der Waals surface area contributed by atoms with Gasteiger partial charge in [0.05, 0.1) is 17.8 Å². The van der Waals surface area contributed by atoms with Crippen molar-refractivity contribution in [3.63, 3.8) is 0 Å². The number of H-pyrrole nitrogens is 1. The number of amides is 1. The molecular formula is C29H30N4O2. The number of hydrogen-bond donors (Lipinski definition) is 3. The predicted molar refractivity (Wildman–Crippen MR) is 137 cm³/mol. The van der Waals surface area contributed by atoms with Crippen LogP contribution in [0.1, 0.15) is 41.2 Å². The Bertz CT molecular complexity index is 1310. The SMILES string of the molecule is CCc1[nH]c(C2Cc3ccccc3CN2C(=O)[C@@H](N)Cc2ccc(O)cc2)nc1-c1ccccc1. The average molecular weight is 467 g/mol. The molecule has 178 valence electrons. The monoisotopic (exact) mass is 466 g/mol. The van der Waals surface area contributed by atoms with Crippen molar-refractivity contribution < 1.29 is 9.90 Å². The van der Waals surface area contributed by atoms with Gasteiger partial charge in [0.2, 0.25) is 5.91 Å². The van der Waals surface area contributed by atoms with Crippen molar-refractivity contribution in [2.75, 3.05) is 0 Å². The summed E-state index contributed by atoms with van der Waals surface area (Å²) in [4.78, 5) is 24.1. The Morgan fingerprint density at radius 3 is 2.46 bits per heavy atom. The van der Waals surface area contributed by atoms with Crippen molar-refractivity contribution in [2.24, 2.45) is 5.73 Å². The molecule has 6 heteroatoms. The number of nitrogens with zero attached hydrogens (tertiary/aromatic N) is 2. The van der Waals surface area contributed by atoms with E-state index < -0.39 is 6.04 Å². The number of rotatable bonds is 6. The van der Waals surface area contributed by atoms with Crippen molar-refractivity contribution >= 4 is 5.91 Å². The molecule has 0 radical (unpaired) electrons. The summed E-state index contributed by atoms with van der Waals surface area (Å²) in [5.41, 5.74) is 12.8. The van der Waals surface area contributed by atoms with Gasteiger partial charge in [-0.3, -0.25) is 4.79 Å². The molecule has 3 aromatic carbocycles. The van der Waals surface area contributed by atoms with Gasteiger partial charge in [-0.15, -0.1) is 0 Å². The van der Waals surface area contributed by atoms with Gasteiger partial charge in [-0.1, -0.05) is 73.7 Å². The molecule has 6 nitrogen and oxygen atoms in total. The molecule has 4 N–H and O–H groups in total. The van der Waals surface area contributed by atoms with E-state index in [2.05, 4.69) is 36.2 Å². The van der Waals surface area contributed by atoms with E-state index in [0.29, 0.717) is 19.4 Å². The third kappa shape index (κ3) is 4.70. The fourth-order valence-electron chi connectivity index (χ4n) is 4.86. The molecular weight excluding hydrogens is 436 g/mol. The van der Waals surface area contributed by atoms with Crippen LogP contribution < -0.4 is 5.73 Å². The van der Waals surface area contributed by atoms with Crippen LogP contribution >= 0.6 is 0 Å². The normalized spacial score (nSPS) is 16.1. The van der Waals surface area contributed by atoms with Crippen LogP contribution in [0.3, 0.4) is 0 Å². The highest BCUT2D eigenvalue weighted by molar-refractivity contribution is 5.82. The number of aromatic amines is 1. The lowest BCUT2D eigenvalue weighted by molar-refractivity contribution is -0.136. The number of aryl methyl sites for hydroxylation is 1. The Morgan fingerprint density at radius 1 is 1.06 bits per heavy atom. The largest absolute Gasteiger partial charge is 0.508 e. The Balaban J connectivity index is 1.48. The minimum Gasteiger partial charge on any atom is -0.508 e. The maximum atomic E-state index is 13.7. The van der Waals surface area contributed by atoms with E-state index in [1.807, 2.05) is 35.2 Å². The number of imidazole rings is 1. The molecule has 2 heterocycles. The molecule has 1 aliphatic rings. The number of nitrogens with two attached hydrogens (primary N) is 1. The molecule has 0 aliphatic carbocycles. The van der Waals surface area contributed by atoms with Crippen LogP contribution in [-0.4, -0.2) is 31.9 Å². The second-order valence-corrected chi connectivity index (χ2v) is 9.10. The Hall–Kier alpha value is -3.90. The van der Waals surface area contributed by atoms with E-state index in [4.69, 9.17) is 10.7 Å². The number of phenolic OH excluding ortho intramolecular Hbond substituents is 1. The van der Waals surface area contributed by atoms with Crippen LogP contribution in [0.5, 0.6) is 5.75 Å². The van der Waals surface area contributed by atoms with Crippen LogP contribution in [0, 0.1) is 0 Å². The Kier molecular flexibility index (Phi) is 6.38. The number of hydrogen-bond acceptors (Lipinski definition) is 4. The number of fused-ring (bicyclic) bond motifs is 1. The third-order valence-corrected chi connectivity index (χ3v) is 6.75. The molecule has 0 saturated heterocycles. The zero-order valence-corrected chi connectivity index (χ0v) is 19.8. The summed E-state index contributed by atoms with van der Waals surface area (Å²) in [6.07, 6.45) is 1.89. The lowest BCUT2D eigenvalue weighted by Gasteiger charge is -2.37. The lowest BCUT2D eigenvalue weighted by atomic mass is 9.92. The van der Waals surface area contributed by atoms with Crippen molar-refractivity contribution in [3.8, 4) is 17.0 Å². The van der Waals surface area contributed by atoms with Crippen LogP contribution in [0.2, 0.25) is 0 Å². The summed E-state index contributed by atoms with van der Waals surface area (Å²) in [7, 11) is 0. The van der Waals surface area contributed by atoms with Gasteiger partial charge in [0.25, 0.3) is 0 Å². The van der Waals surface area contributed by atoms with Crippen LogP contribution in [0.25, 0.3) is 11.3 Å². The van der Waals surface area contributed by atoms with Crippen molar-refractivity contribution in [1.82, 2.24) is 14.9 Å². The number of carbonyl (C=O) groups is 1. The van der Waals surface area contributed by atoms with Gasteiger partial charge in [0.1, 0.15) is 11.6 Å². The molecule has 0 saturated carbocycles. The van der Waals surface area contributed by atoms with Crippen molar-refractivity contribution in [1.29, 1.82) is 0 Å². The first-order valence-electron chi connectivity index (χ1n) is 12.1. The molecule has 1 amide bonds. The predicted octanol–water partition coefficient (Wildman–Crippen LogP) is 4.54. The quantitative estimate of drug-likeness (QED) is 0.389. The average Bonchev–Trinajstić information content (AvgIpc) is 3.34. The summed E-state index contributed by atoms with van der Waals surface area (Å²) in [5, 5.41) is 9.57. The van der Waals surface area contributed by atoms with Gasteiger partial charge >= 0.3 is 0 Å². The summed E-state index contributed by atoms with van der Waals surface area (Å²) in [5.74, 6) is 0.883.